The van der Waals surface area contributed by atoms with Crippen molar-refractivity contribution in [1.82, 2.24) is 5.32 Å². The average Bonchev–Trinajstić information content (AvgIpc) is 2.84. The summed E-state index contributed by atoms with van der Waals surface area (Å²) in [6, 6.07) is 4.78. The molecule has 1 N–H and O–H groups in total. The van der Waals surface area contributed by atoms with Crippen LogP contribution < -0.4 is 5.32 Å². The zero-order valence-electron chi connectivity index (χ0n) is 10.4. The monoisotopic (exact) mass is 313 g/mol. The molecule has 1 heterocycles. The third-order valence-corrected chi connectivity index (χ3v) is 4.47. The van der Waals surface area contributed by atoms with Gasteiger partial charge < -0.3 is 5.32 Å². The van der Waals surface area contributed by atoms with E-state index >= 15 is 0 Å². The van der Waals surface area contributed by atoms with Gasteiger partial charge in [0, 0.05) is 18.4 Å². The number of carbonyl (C=O) groups excluding carboxylic acids is 1. The first-order chi connectivity index (χ1) is 8.57. The van der Waals surface area contributed by atoms with E-state index in [2.05, 4.69) is 28.2 Å². The van der Waals surface area contributed by atoms with Crippen LogP contribution in [0.15, 0.2) is 22.7 Å². The topological polar surface area (TPSA) is 29.1 Å². The van der Waals surface area contributed by atoms with Gasteiger partial charge in [-0.2, -0.15) is 0 Å². The van der Waals surface area contributed by atoms with E-state index in [4.69, 9.17) is 0 Å². The zero-order valence-corrected chi connectivity index (χ0v) is 12.0. The van der Waals surface area contributed by atoms with Crippen molar-refractivity contribution in [2.75, 3.05) is 13.1 Å². The number of halogens is 2. The molecule has 2 rings (SSSR count). The van der Waals surface area contributed by atoms with Gasteiger partial charge in [-0.1, -0.05) is 13.0 Å². The largest absolute Gasteiger partial charge is 0.316 e. The lowest BCUT2D eigenvalue weighted by Gasteiger charge is -2.24. The molecular weight excluding hydrogens is 297 g/mol. The molecule has 0 spiro atoms. The maximum absolute atomic E-state index is 13.1. The Bertz CT molecular complexity index is 455. The number of rotatable bonds is 4. The predicted molar refractivity (Wildman–Crippen MR) is 73.0 cm³/mol. The Balaban J connectivity index is 2.13. The van der Waals surface area contributed by atoms with Gasteiger partial charge in [0.05, 0.1) is 4.47 Å². The minimum absolute atomic E-state index is 0.221. The molecule has 1 unspecified atom stereocenters. The highest BCUT2D eigenvalue weighted by Gasteiger charge is 2.38. The van der Waals surface area contributed by atoms with Crippen LogP contribution in [0, 0.1) is 11.2 Å². The van der Waals surface area contributed by atoms with Crippen LogP contribution in [-0.2, 0) is 11.2 Å². The molecule has 1 fully saturated rings. The van der Waals surface area contributed by atoms with Gasteiger partial charge in [0.25, 0.3) is 0 Å². The van der Waals surface area contributed by atoms with Gasteiger partial charge in [-0.15, -0.1) is 0 Å². The van der Waals surface area contributed by atoms with Crippen molar-refractivity contribution >= 4 is 21.7 Å². The van der Waals surface area contributed by atoms with Crippen molar-refractivity contribution in [3.05, 3.63) is 34.1 Å². The van der Waals surface area contributed by atoms with Crippen LogP contribution in [0.2, 0.25) is 0 Å². The van der Waals surface area contributed by atoms with Crippen LogP contribution in [0.25, 0.3) is 0 Å². The van der Waals surface area contributed by atoms with Crippen molar-refractivity contribution in [3.8, 4) is 0 Å². The summed E-state index contributed by atoms with van der Waals surface area (Å²) in [6.07, 6.45) is 2.15. The van der Waals surface area contributed by atoms with Crippen LogP contribution in [0.4, 0.5) is 4.39 Å². The Hall–Kier alpha value is -0.740. The second-order valence-corrected chi connectivity index (χ2v) is 5.76. The molecule has 4 heteroatoms. The van der Waals surface area contributed by atoms with E-state index < -0.39 is 0 Å². The summed E-state index contributed by atoms with van der Waals surface area (Å²) in [5.41, 5.74) is 0.647. The fraction of sp³-hybridized carbons (Fsp3) is 0.500. The second-order valence-electron chi connectivity index (χ2n) is 4.91. The van der Waals surface area contributed by atoms with Gasteiger partial charge in [0.15, 0.2) is 0 Å². The molecule has 0 bridgehead atoms. The van der Waals surface area contributed by atoms with E-state index in [0.717, 1.165) is 31.5 Å². The molecule has 0 aromatic heterocycles. The highest BCUT2D eigenvalue weighted by Crippen LogP contribution is 2.32. The summed E-state index contributed by atoms with van der Waals surface area (Å²) in [5, 5.41) is 3.26. The van der Waals surface area contributed by atoms with E-state index in [-0.39, 0.29) is 17.0 Å². The quantitative estimate of drug-likeness (QED) is 0.925. The summed E-state index contributed by atoms with van der Waals surface area (Å²) in [5.74, 6) is -0.0348. The normalized spacial score (nSPS) is 23.3. The summed E-state index contributed by atoms with van der Waals surface area (Å²) in [7, 11) is 0. The molecule has 0 saturated carbocycles. The molecule has 98 valence electrons. The molecule has 1 aromatic carbocycles. The summed E-state index contributed by atoms with van der Waals surface area (Å²) in [4.78, 5) is 12.4. The number of nitrogens with one attached hydrogen (secondary N) is 1. The molecule has 1 aliphatic rings. The minimum atomic E-state index is -0.293. The first-order valence-corrected chi connectivity index (χ1v) is 7.05. The van der Waals surface area contributed by atoms with Gasteiger partial charge in [-0.05, 0) is 53.0 Å². The van der Waals surface area contributed by atoms with Crippen molar-refractivity contribution in [2.24, 2.45) is 5.41 Å². The first-order valence-electron chi connectivity index (χ1n) is 6.25. The fourth-order valence-electron chi connectivity index (χ4n) is 2.50. The van der Waals surface area contributed by atoms with Gasteiger partial charge in [-0.25, -0.2) is 4.39 Å². The molecule has 1 aromatic rings. The number of carbonyl (C=O) groups is 1. The summed E-state index contributed by atoms with van der Waals surface area (Å²) < 4.78 is 13.6. The maximum Gasteiger partial charge on any atom is 0.144 e. The van der Waals surface area contributed by atoms with E-state index in [9.17, 15) is 9.18 Å². The number of benzene rings is 1. The third-order valence-electron chi connectivity index (χ3n) is 3.86. The Morgan fingerprint density at radius 1 is 1.56 bits per heavy atom. The SMILES string of the molecule is CCC1(C(=O)Cc2ccc(F)c(Br)c2)CCNC1. The van der Waals surface area contributed by atoms with Crippen molar-refractivity contribution in [3.63, 3.8) is 0 Å². The standard InChI is InChI=1S/C14H17BrFNO/c1-2-14(5-6-17-9-14)13(18)8-10-3-4-12(16)11(15)7-10/h3-4,7,17H,2,5-6,8-9H2,1H3. The van der Waals surface area contributed by atoms with E-state index in [0.29, 0.717) is 10.9 Å². The first kappa shape index (κ1) is 13.7. The fourth-order valence-corrected chi connectivity index (χ4v) is 2.93. The molecular formula is C14H17BrFNO. The number of hydrogen-bond acceptors (Lipinski definition) is 2. The van der Waals surface area contributed by atoms with E-state index in [1.54, 1.807) is 12.1 Å². The molecule has 1 aliphatic heterocycles. The van der Waals surface area contributed by atoms with Gasteiger partial charge >= 0.3 is 0 Å². The molecule has 1 saturated heterocycles. The zero-order chi connectivity index (χ0) is 13.2. The van der Waals surface area contributed by atoms with Gasteiger partial charge in [0.2, 0.25) is 0 Å². The maximum atomic E-state index is 13.1. The Morgan fingerprint density at radius 3 is 2.89 bits per heavy atom. The predicted octanol–water partition coefficient (Wildman–Crippen LogP) is 3.09. The summed E-state index contributed by atoms with van der Waals surface area (Å²) in [6.45, 7) is 3.74. The van der Waals surface area contributed by atoms with Crippen LogP contribution >= 0.6 is 15.9 Å². The molecule has 2 nitrogen and oxygen atoms in total. The highest BCUT2D eigenvalue weighted by atomic mass is 79.9. The molecule has 18 heavy (non-hydrogen) atoms. The van der Waals surface area contributed by atoms with Crippen molar-refractivity contribution in [1.29, 1.82) is 0 Å². The van der Waals surface area contributed by atoms with Gasteiger partial charge in [-0.3, -0.25) is 4.79 Å². The number of Topliss-reactive ketones (excluding diaryl/α,β-unsaturated/α-hetero) is 1. The van der Waals surface area contributed by atoms with E-state index in [1.165, 1.54) is 6.07 Å². The van der Waals surface area contributed by atoms with Crippen molar-refractivity contribution in [2.45, 2.75) is 26.2 Å². The third kappa shape index (κ3) is 2.64. The Labute approximate surface area is 115 Å². The minimum Gasteiger partial charge on any atom is -0.316 e. The van der Waals surface area contributed by atoms with Gasteiger partial charge in [0.1, 0.15) is 11.6 Å². The molecule has 0 aliphatic carbocycles. The van der Waals surface area contributed by atoms with Crippen LogP contribution in [-0.4, -0.2) is 18.9 Å². The van der Waals surface area contributed by atoms with Crippen LogP contribution in [0.3, 0.4) is 0 Å². The van der Waals surface area contributed by atoms with E-state index in [1.807, 2.05) is 0 Å². The smallest absolute Gasteiger partial charge is 0.144 e. The average molecular weight is 314 g/mol. The van der Waals surface area contributed by atoms with Crippen LogP contribution in [0.5, 0.6) is 0 Å². The Morgan fingerprint density at radius 2 is 2.33 bits per heavy atom. The van der Waals surface area contributed by atoms with Crippen molar-refractivity contribution < 1.29 is 9.18 Å². The lowest BCUT2D eigenvalue weighted by atomic mass is 9.78. The lowest BCUT2D eigenvalue weighted by Crippen LogP contribution is -2.34. The molecule has 1 atom stereocenters. The second kappa shape index (κ2) is 5.49. The Kier molecular flexibility index (Phi) is 4.17. The highest BCUT2D eigenvalue weighted by molar-refractivity contribution is 9.10. The lowest BCUT2D eigenvalue weighted by molar-refractivity contribution is -0.127. The summed E-state index contributed by atoms with van der Waals surface area (Å²) >= 11 is 3.15. The number of ketones is 1. The molecule has 0 amide bonds. The van der Waals surface area contributed by atoms with Crippen LogP contribution in [0.1, 0.15) is 25.3 Å². The molecule has 0 radical (unpaired) electrons. The number of hydrogen-bond donors (Lipinski definition) is 1.